The van der Waals surface area contributed by atoms with Crippen molar-refractivity contribution in [2.75, 3.05) is 13.1 Å². The van der Waals surface area contributed by atoms with Crippen LogP contribution in [0.2, 0.25) is 5.02 Å². The monoisotopic (exact) mass is 375 g/mol. The first-order valence-corrected chi connectivity index (χ1v) is 9.20. The molecule has 3 rings (SSSR count). The number of carboxylic acid groups (broad SMARTS) is 1. The van der Waals surface area contributed by atoms with E-state index in [-0.39, 0.29) is 17.5 Å². The summed E-state index contributed by atoms with van der Waals surface area (Å²) in [5.74, 6) is -0.784. The van der Waals surface area contributed by atoms with Crippen molar-refractivity contribution < 1.29 is 14.7 Å². The normalized spacial score (nSPS) is 15.2. The van der Waals surface area contributed by atoms with Crippen LogP contribution in [0.1, 0.15) is 47.6 Å². The zero-order valence-electron chi connectivity index (χ0n) is 14.5. The summed E-state index contributed by atoms with van der Waals surface area (Å²) in [5.41, 5.74) is 1.39. The standard InChI is InChI=1S/C19H22ClN3O3/c20-16-6-4-14(5-7-16)2-1-3-18(24)22-10-8-17(9-11-22)23-13-15(12-21-23)19(25)26/h4-7,12-13,17H,1-3,8-11H2,(H,25,26). The maximum atomic E-state index is 12.4. The molecule has 1 aliphatic rings. The van der Waals surface area contributed by atoms with Crippen LogP contribution in [0.3, 0.4) is 0 Å². The molecule has 2 aromatic rings. The lowest BCUT2D eigenvalue weighted by atomic mass is 10.0. The van der Waals surface area contributed by atoms with Gasteiger partial charge in [0.05, 0.1) is 17.8 Å². The first-order valence-electron chi connectivity index (χ1n) is 8.82. The lowest BCUT2D eigenvalue weighted by molar-refractivity contribution is -0.132. The van der Waals surface area contributed by atoms with E-state index in [0.29, 0.717) is 19.5 Å². The summed E-state index contributed by atoms with van der Waals surface area (Å²) in [4.78, 5) is 25.2. The Morgan fingerprint density at radius 3 is 2.50 bits per heavy atom. The second-order valence-electron chi connectivity index (χ2n) is 6.61. The molecule has 0 bridgehead atoms. The van der Waals surface area contributed by atoms with E-state index in [9.17, 15) is 9.59 Å². The van der Waals surface area contributed by atoms with Gasteiger partial charge in [0, 0.05) is 30.7 Å². The molecule has 1 aromatic heterocycles. The van der Waals surface area contributed by atoms with Crippen LogP contribution in [0.5, 0.6) is 0 Å². The third-order valence-electron chi connectivity index (χ3n) is 4.81. The number of hydrogen-bond acceptors (Lipinski definition) is 3. The summed E-state index contributed by atoms with van der Waals surface area (Å²) in [5, 5.41) is 13.8. The van der Waals surface area contributed by atoms with Gasteiger partial charge in [0.2, 0.25) is 5.91 Å². The Hall–Kier alpha value is -2.34. The average Bonchev–Trinajstić information content (AvgIpc) is 3.14. The number of nitrogens with zero attached hydrogens (tertiary/aromatic N) is 3. The van der Waals surface area contributed by atoms with E-state index < -0.39 is 5.97 Å². The molecule has 138 valence electrons. The number of aromatic carboxylic acids is 1. The highest BCUT2D eigenvalue weighted by atomic mass is 35.5. The predicted molar refractivity (Wildman–Crippen MR) is 98.4 cm³/mol. The third kappa shape index (κ3) is 4.64. The number of halogens is 1. The largest absolute Gasteiger partial charge is 0.478 e. The van der Waals surface area contributed by atoms with E-state index in [0.717, 1.165) is 30.7 Å². The van der Waals surface area contributed by atoms with Crippen LogP contribution >= 0.6 is 11.6 Å². The highest BCUT2D eigenvalue weighted by Gasteiger charge is 2.24. The Balaban J connectivity index is 1.42. The topological polar surface area (TPSA) is 75.4 Å². The Morgan fingerprint density at radius 2 is 1.88 bits per heavy atom. The molecule has 6 nitrogen and oxygen atoms in total. The zero-order valence-corrected chi connectivity index (χ0v) is 15.2. The summed E-state index contributed by atoms with van der Waals surface area (Å²) in [7, 11) is 0. The smallest absolute Gasteiger partial charge is 0.338 e. The number of rotatable bonds is 6. The number of benzene rings is 1. The minimum atomic E-state index is -0.968. The van der Waals surface area contributed by atoms with Crippen molar-refractivity contribution in [2.24, 2.45) is 0 Å². The highest BCUT2D eigenvalue weighted by Crippen LogP contribution is 2.23. The van der Waals surface area contributed by atoms with Crippen molar-refractivity contribution in [3.63, 3.8) is 0 Å². The Labute approximate surface area is 157 Å². The number of amides is 1. The average molecular weight is 376 g/mol. The summed E-state index contributed by atoms with van der Waals surface area (Å²) < 4.78 is 1.71. The fraction of sp³-hybridized carbons (Fsp3) is 0.421. The third-order valence-corrected chi connectivity index (χ3v) is 5.06. The highest BCUT2D eigenvalue weighted by molar-refractivity contribution is 6.30. The molecule has 1 amide bonds. The minimum absolute atomic E-state index is 0.154. The van der Waals surface area contributed by atoms with Crippen LogP contribution in [0.15, 0.2) is 36.7 Å². The van der Waals surface area contributed by atoms with Gasteiger partial charge in [0.15, 0.2) is 0 Å². The van der Waals surface area contributed by atoms with Crippen LogP contribution in [0, 0.1) is 0 Å². The zero-order chi connectivity index (χ0) is 18.5. The molecule has 0 aliphatic carbocycles. The number of piperidine rings is 1. The molecule has 1 saturated heterocycles. The number of aromatic nitrogens is 2. The van der Waals surface area contributed by atoms with E-state index in [1.807, 2.05) is 29.2 Å². The van der Waals surface area contributed by atoms with Crippen LogP contribution in [-0.4, -0.2) is 44.8 Å². The fourth-order valence-electron chi connectivity index (χ4n) is 3.28. The van der Waals surface area contributed by atoms with E-state index >= 15 is 0 Å². The van der Waals surface area contributed by atoms with Gasteiger partial charge < -0.3 is 10.0 Å². The second-order valence-corrected chi connectivity index (χ2v) is 7.04. The number of carboxylic acids is 1. The van der Waals surface area contributed by atoms with E-state index in [1.165, 1.54) is 11.8 Å². The maximum absolute atomic E-state index is 12.4. The molecular weight excluding hydrogens is 354 g/mol. The minimum Gasteiger partial charge on any atom is -0.478 e. The van der Waals surface area contributed by atoms with Gasteiger partial charge in [-0.25, -0.2) is 4.79 Å². The van der Waals surface area contributed by atoms with Gasteiger partial charge in [-0.3, -0.25) is 9.48 Å². The van der Waals surface area contributed by atoms with Crippen LogP contribution in [-0.2, 0) is 11.2 Å². The summed E-state index contributed by atoms with van der Waals surface area (Å²) in [6.45, 7) is 1.37. The van der Waals surface area contributed by atoms with E-state index in [4.69, 9.17) is 16.7 Å². The van der Waals surface area contributed by atoms with E-state index in [1.54, 1.807) is 10.9 Å². The molecule has 7 heteroatoms. The molecule has 0 atom stereocenters. The molecule has 0 spiro atoms. The Kier molecular flexibility index (Phi) is 5.93. The number of hydrogen-bond donors (Lipinski definition) is 1. The fourth-order valence-corrected chi connectivity index (χ4v) is 3.41. The SMILES string of the molecule is O=C(O)c1cnn(C2CCN(C(=O)CCCc3ccc(Cl)cc3)CC2)c1. The first kappa shape index (κ1) is 18.5. The number of likely N-dealkylation sites (tertiary alicyclic amines) is 1. The molecule has 2 heterocycles. The lowest BCUT2D eigenvalue weighted by Crippen LogP contribution is -2.39. The Morgan fingerprint density at radius 1 is 1.19 bits per heavy atom. The molecule has 0 saturated carbocycles. The molecule has 0 radical (unpaired) electrons. The van der Waals surface area contributed by atoms with Gasteiger partial charge in [0.1, 0.15) is 0 Å². The number of aryl methyl sites for hydroxylation is 1. The first-order chi connectivity index (χ1) is 12.5. The summed E-state index contributed by atoms with van der Waals surface area (Å²) in [6.07, 6.45) is 6.75. The van der Waals surface area contributed by atoms with Gasteiger partial charge in [-0.15, -0.1) is 0 Å². The van der Waals surface area contributed by atoms with Crippen molar-refractivity contribution in [2.45, 2.75) is 38.1 Å². The predicted octanol–water partition coefficient (Wildman–Crippen LogP) is 3.42. The summed E-state index contributed by atoms with van der Waals surface area (Å²) in [6, 6.07) is 7.88. The van der Waals surface area contributed by atoms with Crippen molar-refractivity contribution in [3.05, 3.63) is 52.8 Å². The van der Waals surface area contributed by atoms with E-state index in [2.05, 4.69) is 5.10 Å². The lowest BCUT2D eigenvalue weighted by Gasteiger charge is -2.32. The second kappa shape index (κ2) is 8.36. The Bertz CT molecular complexity index is 765. The number of carbonyl (C=O) groups is 2. The van der Waals surface area contributed by atoms with Gasteiger partial charge in [-0.1, -0.05) is 23.7 Å². The van der Waals surface area contributed by atoms with Crippen molar-refractivity contribution in [1.29, 1.82) is 0 Å². The molecule has 1 N–H and O–H groups in total. The van der Waals surface area contributed by atoms with Crippen LogP contribution in [0.25, 0.3) is 0 Å². The van der Waals surface area contributed by atoms with Crippen molar-refractivity contribution in [1.82, 2.24) is 14.7 Å². The molecule has 1 aromatic carbocycles. The van der Waals surface area contributed by atoms with Crippen LogP contribution < -0.4 is 0 Å². The van der Waals surface area contributed by atoms with Crippen molar-refractivity contribution in [3.8, 4) is 0 Å². The van der Waals surface area contributed by atoms with Gasteiger partial charge in [-0.05, 0) is 43.4 Å². The van der Waals surface area contributed by atoms with Crippen LogP contribution in [0.4, 0.5) is 0 Å². The molecule has 1 fully saturated rings. The van der Waals surface area contributed by atoms with Gasteiger partial charge >= 0.3 is 5.97 Å². The summed E-state index contributed by atoms with van der Waals surface area (Å²) >= 11 is 5.87. The molecule has 26 heavy (non-hydrogen) atoms. The molecular formula is C19H22ClN3O3. The quantitative estimate of drug-likeness (QED) is 0.839. The molecule has 1 aliphatic heterocycles. The number of carbonyl (C=O) groups excluding carboxylic acids is 1. The van der Waals surface area contributed by atoms with Gasteiger partial charge in [0.25, 0.3) is 0 Å². The van der Waals surface area contributed by atoms with Crippen molar-refractivity contribution >= 4 is 23.5 Å². The van der Waals surface area contributed by atoms with Gasteiger partial charge in [-0.2, -0.15) is 5.10 Å². The molecule has 0 unspecified atom stereocenters. The maximum Gasteiger partial charge on any atom is 0.338 e.